The monoisotopic (exact) mass is 717 g/mol. The SMILES string of the molecule is [Cl][Zr]([Cl])([Cl])[Cl].[Zr].c1cc[cH-]c1.c1ccc([CH-]c2ccccc2)cc1.c1ccc2c(c1)[cH-]c1ccccc12. The molecule has 0 saturated heterocycles. The number of fused-ring (bicyclic) bond motifs is 3. The van der Waals surface area contributed by atoms with Crippen molar-refractivity contribution in [3.8, 4) is 0 Å². The van der Waals surface area contributed by atoms with E-state index in [1.807, 2.05) is 42.5 Å². The molecule has 0 aromatic heterocycles. The van der Waals surface area contributed by atoms with Crippen molar-refractivity contribution in [1.29, 1.82) is 0 Å². The Morgan fingerprint density at radius 2 is 0.838 bits per heavy atom. The van der Waals surface area contributed by atoms with Gasteiger partial charge < -0.3 is 0 Å². The Bertz CT molecular complexity index is 1280. The minimum Gasteiger partial charge on any atom is -0.214 e. The van der Waals surface area contributed by atoms with Crippen LogP contribution in [0, 0.1) is 6.42 Å². The molecule has 0 fully saturated rings. The van der Waals surface area contributed by atoms with E-state index in [1.165, 1.54) is 32.7 Å². The molecule has 0 heterocycles. The van der Waals surface area contributed by atoms with Crippen molar-refractivity contribution < 1.29 is 41.7 Å². The summed E-state index contributed by atoms with van der Waals surface area (Å²) < 4.78 is 0. The molecule has 0 amide bonds. The molecular weight excluding hydrogens is 697 g/mol. The first-order valence-corrected chi connectivity index (χ1v) is 24.0. The fourth-order valence-electron chi connectivity index (χ4n) is 3.52. The number of hydrogen-bond donors (Lipinski definition) is 0. The van der Waals surface area contributed by atoms with Crippen LogP contribution in [0.1, 0.15) is 11.1 Å². The van der Waals surface area contributed by atoms with Crippen LogP contribution in [0.15, 0.2) is 146 Å². The van der Waals surface area contributed by atoms with E-state index in [1.54, 1.807) is 0 Å². The third kappa shape index (κ3) is 13.0. The van der Waals surface area contributed by atoms with Crippen molar-refractivity contribution in [1.82, 2.24) is 0 Å². The Morgan fingerprint density at radius 1 is 0.486 bits per heavy atom. The van der Waals surface area contributed by atoms with Crippen LogP contribution < -0.4 is 0 Å². The van der Waals surface area contributed by atoms with Crippen LogP contribution in [0.5, 0.6) is 0 Å². The molecule has 0 radical (unpaired) electrons. The number of rotatable bonds is 2. The topological polar surface area (TPSA) is 0 Å². The molecule has 6 aromatic rings. The summed E-state index contributed by atoms with van der Waals surface area (Å²) in [5, 5.41) is 5.39. The quantitative estimate of drug-likeness (QED) is 0.156. The summed E-state index contributed by atoms with van der Waals surface area (Å²) in [6, 6.07) is 50.0. The zero-order chi connectivity index (χ0) is 25.6. The van der Waals surface area contributed by atoms with Gasteiger partial charge in [0.25, 0.3) is 0 Å². The first kappa shape index (κ1) is 32.1. The van der Waals surface area contributed by atoms with Crippen molar-refractivity contribution in [2.75, 3.05) is 0 Å². The van der Waals surface area contributed by atoms with Crippen molar-refractivity contribution in [2.45, 2.75) is 0 Å². The van der Waals surface area contributed by atoms with Crippen LogP contribution in [-0.2, 0) is 41.7 Å². The fourth-order valence-corrected chi connectivity index (χ4v) is 3.52. The zero-order valence-electron chi connectivity index (χ0n) is 19.9. The van der Waals surface area contributed by atoms with Crippen LogP contribution in [0.25, 0.3) is 21.5 Å². The van der Waals surface area contributed by atoms with E-state index in [0.29, 0.717) is 0 Å². The maximum Gasteiger partial charge on any atom is 0 e. The van der Waals surface area contributed by atoms with Crippen LogP contribution in [-0.4, -0.2) is 0 Å². The average molecular weight is 722 g/mol. The standard InChI is InChI=1S/C13H9.C13H11.C5H5.4ClH.2Zr/c1-3-7-12-10(5-1)9-11-6-2-4-8-13(11)12;1-3-7-12(8-4-1)11-13-9-5-2-6-10-13;1-2-4-5-3-1;;;;;;/h1-9H;1-11H;1-5H;4*1H;;/q3*-1;;;;;;+4/p-4. The Hall–Kier alpha value is -1.10. The minimum absolute atomic E-state index is 0. The van der Waals surface area contributed by atoms with Gasteiger partial charge in [-0.1, -0.05) is 72.8 Å². The van der Waals surface area contributed by atoms with Gasteiger partial charge in [-0.2, -0.15) is 18.2 Å². The van der Waals surface area contributed by atoms with Crippen molar-refractivity contribution >= 4 is 55.6 Å². The first-order valence-electron chi connectivity index (χ1n) is 11.3. The van der Waals surface area contributed by atoms with Crippen LogP contribution in [0.4, 0.5) is 0 Å². The molecule has 0 spiro atoms. The van der Waals surface area contributed by atoms with Crippen LogP contribution in [0.2, 0.25) is 0 Å². The van der Waals surface area contributed by atoms with Gasteiger partial charge in [0, 0.05) is 26.2 Å². The summed E-state index contributed by atoms with van der Waals surface area (Å²) in [6.07, 6.45) is 2.17. The minimum atomic E-state index is -3.29. The molecule has 0 saturated carbocycles. The maximum atomic E-state index is 5.04. The zero-order valence-corrected chi connectivity index (χ0v) is 27.9. The molecule has 37 heavy (non-hydrogen) atoms. The van der Waals surface area contributed by atoms with Crippen molar-refractivity contribution in [3.05, 3.63) is 163 Å². The van der Waals surface area contributed by atoms with E-state index in [0.717, 1.165) is 0 Å². The Kier molecular flexibility index (Phi) is 15.2. The van der Waals surface area contributed by atoms with Crippen molar-refractivity contribution in [2.24, 2.45) is 0 Å². The second kappa shape index (κ2) is 17.5. The van der Waals surface area contributed by atoms with Crippen LogP contribution in [0.3, 0.4) is 0 Å². The van der Waals surface area contributed by atoms with Gasteiger partial charge in [0.15, 0.2) is 0 Å². The molecule has 0 N–H and O–H groups in total. The second-order valence-corrected chi connectivity index (χ2v) is 30.1. The maximum absolute atomic E-state index is 5.04. The Balaban J connectivity index is 0.000000189. The van der Waals surface area contributed by atoms with Gasteiger partial charge in [-0.25, -0.2) is 12.1 Å². The molecule has 0 aliphatic carbocycles. The molecule has 6 heteroatoms. The summed E-state index contributed by atoms with van der Waals surface area (Å²) in [7, 11) is 20.1. The molecule has 0 unspecified atom stereocenters. The van der Waals surface area contributed by atoms with Crippen LogP contribution >= 0.6 is 34.1 Å². The molecule has 6 rings (SSSR count). The van der Waals surface area contributed by atoms with E-state index in [-0.39, 0.29) is 26.2 Å². The van der Waals surface area contributed by atoms with E-state index < -0.39 is 15.5 Å². The van der Waals surface area contributed by atoms with E-state index >= 15 is 0 Å². The molecule has 0 bridgehead atoms. The molecule has 0 aliphatic rings. The second-order valence-electron chi connectivity index (χ2n) is 7.68. The van der Waals surface area contributed by atoms with Gasteiger partial charge >= 0.3 is 49.5 Å². The normalized spacial score (nSPS) is 9.95. The largest absolute Gasteiger partial charge is 0.214 e. The summed E-state index contributed by atoms with van der Waals surface area (Å²) in [4.78, 5) is 0. The third-order valence-electron chi connectivity index (χ3n) is 5.01. The average Bonchev–Trinajstić information content (AvgIpc) is 3.57. The van der Waals surface area contributed by atoms with Gasteiger partial charge in [-0.05, 0) is 0 Å². The van der Waals surface area contributed by atoms with Gasteiger partial charge in [0.05, 0.1) is 0 Å². The van der Waals surface area contributed by atoms with Crippen molar-refractivity contribution in [3.63, 3.8) is 0 Å². The summed E-state index contributed by atoms with van der Waals surface area (Å²) in [5.41, 5.74) is 2.49. The van der Waals surface area contributed by atoms with E-state index in [2.05, 4.69) is 110 Å². The number of benzene rings is 4. The van der Waals surface area contributed by atoms with E-state index in [9.17, 15) is 0 Å². The smallest absolute Gasteiger partial charge is 0 e. The molecular formula is C31H25Cl4Zr2-3. The Morgan fingerprint density at radius 3 is 1.19 bits per heavy atom. The van der Waals surface area contributed by atoms with Gasteiger partial charge in [-0.15, -0.1) is 81.6 Å². The summed E-state index contributed by atoms with van der Waals surface area (Å²) in [5.74, 6) is 0. The van der Waals surface area contributed by atoms with Gasteiger partial charge in [0.1, 0.15) is 0 Å². The number of halogens is 4. The molecule has 188 valence electrons. The van der Waals surface area contributed by atoms with Gasteiger partial charge in [-0.3, -0.25) is 0 Å². The third-order valence-corrected chi connectivity index (χ3v) is 5.01. The fraction of sp³-hybridized carbons (Fsp3) is 0. The summed E-state index contributed by atoms with van der Waals surface area (Å²) >= 11 is -3.29. The predicted octanol–water partition coefficient (Wildman–Crippen LogP) is 11.2. The molecule has 0 aliphatic heterocycles. The first-order chi connectivity index (χ1) is 17.4. The number of hydrogen-bond acceptors (Lipinski definition) is 0. The molecule has 0 nitrogen and oxygen atoms in total. The predicted molar refractivity (Wildman–Crippen MR) is 158 cm³/mol. The summed E-state index contributed by atoms with van der Waals surface area (Å²) in [6.45, 7) is 0. The van der Waals surface area contributed by atoms with Gasteiger partial charge in [0.2, 0.25) is 0 Å². The van der Waals surface area contributed by atoms with E-state index in [4.69, 9.17) is 34.1 Å². The molecule has 0 atom stereocenters. The molecule has 6 aromatic carbocycles. The Labute approximate surface area is 257 Å².